The first-order valence-electron chi connectivity index (χ1n) is 12.6. The predicted octanol–water partition coefficient (Wildman–Crippen LogP) is 3.01. The van der Waals surface area contributed by atoms with E-state index >= 15 is 0 Å². The fourth-order valence-electron chi connectivity index (χ4n) is 4.83. The Balaban J connectivity index is 1.73. The van der Waals surface area contributed by atoms with E-state index in [0.717, 1.165) is 51.1 Å². The van der Waals surface area contributed by atoms with Gasteiger partial charge in [-0.1, -0.05) is 0 Å². The van der Waals surface area contributed by atoms with Gasteiger partial charge in [-0.15, -0.1) is 4.65 Å². The third kappa shape index (κ3) is 5.62. The van der Waals surface area contributed by atoms with Gasteiger partial charge in [-0.25, -0.2) is 4.98 Å². The minimum atomic E-state index is -0.649. The molecule has 35 heavy (non-hydrogen) atoms. The number of likely N-dealkylation sites (N-methyl/N-ethyl adjacent to an activating group) is 1. The number of fused-ring (bicyclic) bond motifs is 1. The molecule has 1 aromatic heterocycles. The van der Waals surface area contributed by atoms with Gasteiger partial charge in [0.05, 0.1) is 10.9 Å². The lowest BCUT2D eigenvalue weighted by Gasteiger charge is -2.35. The number of carbonyl (C=O) groups is 1. The molecule has 2 aromatic rings. The number of esters is 1. The first kappa shape index (κ1) is 25.4. The second-order valence-corrected chi connectivity index (χ2v) is 11.4. The monoisotopic (exact) mass is 486 g/mol. The van der Waals surface area contributed by atoms with Crippen LogP contribution in [-0.4, -0.2) is 78.4 Å². The maximum atomic E-state index is 13.6. The summed E-state index contributed by atoms with van der Waals surface area (Å²) in [6.07, 6.45) is 5.93. The van der Waals surface area contributed by atoms with Gasteiger partial charge in [0, 0.05) is 43.7 Å². The Hall–Kier alpha value is -2.65. The first-order chi connectivity index (χ1) is 16.5. The molecule has 2 aliphatic rings. The summed E-state index contributed by atoms with van der Waals surface area (Å²) in [5.41, 5.74) is 0.695. The standard InChI is InChI=1S/C26H40N5O4/c1-26(2,3)25(33)34-18-30-17-27-21-14-20(29-11-10-19(16-29)28(4)5)15-22(23(21)24(30)32)35-31(6)12-8-7-9-13-31/h14-15,17,19H,7-13,16,18H2,1-6H3/q+1/t19-/m1/s1. The fourth-order valence-corrected chi connectivity index (χ4v) is 4.83. The van der Waals surface area contributed by atoms with Crippen LogP contribution in [0.5, 0.6) is 5.75 Å². The largest absolute Gasteiger partial charge is 0.443 e. The zero-order valence-corrected chi connectivity index (χ0v) is 22.0. The van der Waals surface area contributed by atoms with Crippen LogP contribution < -0.4 is 15.3 Å². The zero-order valence-electron chi connectivity index (χ0n) is 22.0. The molecule has 0 unspecified atom stereocenters. The van der Waals surface area contributed by atoms with E-state index in [1.807, 2.05) is 12.1 Å². The smallest absolute Gasteiger partial charge is 0.312 e. The molecule has 9 heteroatoms. The van der Waals surface area contributed by atoms with Crippen molar-refractivity contribution >= 4 is 22.6 Å². The Morgan fingerprint density at radius 2 is 1.91 bits per heavy atom. The number of hydrogen-bond acceptors (Lipinski definition) is 7. The summed E-state index contributed by atoms with van der Waals surface area (Å²) in [6.45, 7) is 8.84. The van der Waals surface area contributed by atoms with Crippen LogP contribution in [0.4, 0.5) is 5.69 Å². The number of likely N-dealkylation sites (tertiary alicyclic amines) is 1. The molecular formula is C26H40N5O4+. The van der Waals surface area contributed by atoms with Crippen molar-refractivity contribution in [3.8, 4) is 5.75 Å². The molecule has 0 spiro atoms. The van der Waals surface area contributed by atoms with Crippen molar-refractivity contribution in [2.24, 2.45) is 5.41 Å². The topological polar surface area (TPSA) is 76.9 Å². The Morgan fingerprint density at radius 1 is 1.20 bits per heavy atom. The number of anilines is 1. The Labute approximate surface area is 207 Å². The number of hydrogen-bond donors (Lipinski definition) is 0. The lowest BCUT2D eigenvalue weighted by molar-refractivity contribution is -1.07. The zero-order chi connectivity index (χ0) is 25.4. The molecular weight excluding hydrogens is 446 g/mol. The fraction of sp³-hybridized carbons (Fsp3) is 0.654. The van der Waals surface area contributed by atoms with Crippen molar-refractivity contribution in [1.82, 2.24) is 14.5 Å². The third-order valence-electron chi connectivity index (χ3n) is 7.16. The molecule has 0 amide bonds. The molecule has 2 fully saturated rings. The minimum Gasteiger partial charge on any atom is -0.443 e. The molecule has 0 bridgehead atoms. The summed E-state index contributed by atoms with van der Waals surface area (Å²) in [4.78, 5) is 41.6. The van der Waals surface area contributed by atoms with E-state index in [-0.39, 0.29) is 18.3 Å². The second kappa shape index (κ2) is 9.78. The Morgan fingerprint density at radius 3 is 2.54 bits per heavy atom. The van der Waals surface area contributed by atoms with Gasteiger partial charge < -0.3 is 19.4 Å². The SMILES string of the molecule is CN(C)[C@@H]1CCN(c2cc(O[N+]3(C)CCCCC3)c3c(=O)n(COC(=O)C(C)(C)C)cnc3c2)C1. The van der Waals surface area contributed by atoms with Gasteiger partial charge >= 0.3 is 5.97 Å². The highest BCUT2D eigenvalue weighted by molar-refractivity contribution is 5.88. The van der Waals surface area contributed by atoms with E-state index < -0.39 is 5.41 Å². The lowest BCUT2D eigenvalue weighted by Crippen LogP contribution is -2.50. The summed E-state index contributed by atoms with van der Waals surface area (Å²) in [5.74, 6) is 0.177. The number of quaternary nitrogens is 1. The van der Waals surface area contributed by atoms with Crippen LogP contribution in [0.25, 0.3) is 10.9 Å². The van der Waals surface area contributed by atoms with Gasteiger partial charge in [-0.3, -0.25) is 14.2 Å². The van der Waals surface area contributed by atoms with Crippen molar-refractivity contribution in [1.29, 1.82) is 0 Å². The highest BCUT2D eigenvalue weighted by atomic mass is 16.7. The molecule has 0 radical (unpaired) electrons. The summed E-state index contributed by atoms with van der Waals surface area (Å²) in [7, 11) is 6.30. The number of carbonyl (C=O) groups excluding carboxylic acids is 1. The average Bonchev–Trinajstić information content (AvgIpc) is 3.28. The van der Waals surface area contributed by atoms with E-state index in [4.69, 9.17) is 9.57 Å². The number of benzene rings is 1. The average molecular weight is 487 g/mol. The van der Waals surface area contributed by atoms with Crippen molar-refractivity contribution in [2.75, 3.05) is 52.2 Å². The molecule has 0 N–H and O–H groups in total. The van der Waals surface area contributed by atoms with Gasteiger partial charge in [0.1, 0.15) is 31.9 Å². The van der Waals surface area contributed by atoms with Crippen molar-refractivity contribution in [2.45, 2.75) is 59.2 Å². The van der Waals surface area contributed by atoms with Crippen molar-refractivity contribution in [3.05, 3.63) is 28.8 Å². The first-order valence-corrected chi connectivity index (χ1v) is 12.6. The van der Waals surface area contributed by atoms with Crippen LogP contribution in [-0.2, 0) is 16.3 Å². The van der Waals surface area contributed by atoms with E-state index in [1.165, 1.54) is 17.3 Å². The number of piperidine rings is 1. The van der Waals surface area contributed by atoms with Crippen LogP contribution in [0.1, 0.15) is 46.5 Å². The van der Waals surface area contributed by atoms with Gasteiger partial charge in [0.15, 0.2) is 6.73 Å². The highest BCUT2D eigenvalue weighted by Gasteiger charge is 2.31. The van der Waals surface area contributed by atoms with E-state index in [1.54, 1.807) is 20.8 Å². The molecule has 0 aliphatic carbocycles. The number of ether oxygens (including phenoxy) is 1. The van der Waals surface area contributed by atoms with E-state index in [9.17, 15) is 9.59 Å². The number of aromatic nitrogens is 2. The van der Waals surface area contributed by atoms with Crippen LogP contribution in [0.2, 0.25) is 0 Å². The van der Waals surface area contributed by atoms with Crippen molar-refractivity contribution in [3.63, 3.8) is 0 Å². The summed E-state index contributed by atoms with van der Waals surface area (Å²) < 4.78 is 7.17. The highest BCUT2D eigenvalue weighted by Crippen LogP contribution is 2.33. The third-order valence-corrected chi connectivity index (χ3v) is 7.16. The van der Waals surface area contributed by atoms with Crippen LogP contribution >= 0.6 is 0 Å². The van der Waals surface area contributed by atoms with Crippen LogP contribution in [0.15, 0.2) is 23.3 Å². The molecule has 1 atom stereocenters. The van der Waals surface area contributed by atoms with Crippen molar-refractivity contribution < 1.29 is 19.0 Å². The van der Waals surface area contributed by atoms with Gasteiger partial charge in [-0.2, -0.15) is 0 Å². The van der Waals surface area contributed by atoms with Crippen LogP contribution in [0.3, 0.4) is 0 Å². The molecule has 2 saturated heterocycles. The quantitative estimate of drug-likeness (QED) is 0.459. The number of nitrogens with zero attached hydrogens (tertiary/aromatic N) is 5. The van der Waals surface area contributed by atoms with E-state index in [2.05, 4.69) is 35.9 Å². The lowest BCUT2D eigenvalue weighted by atomic mass is 9.98. The molecule has 9 nitrogen and oxygen atoms in total. The maximum absolute atomic E-state index is 13.6. The molecule has 4 rings (SSSR count). The normalized spacial score (nSPS) is 20.4. The Kier molecular flexibility index (Phi) is 7.11. The van der Waals surface area contributed by atoms with Gasteiger partial charge in [0.25, 0.3) is 5.56 Å². The minimum absolute atomic E-state index is 0.179. The molecule has 192 valence electrons. The summed E-state index contributed by atoms with van der Waals surface area (Å²) in [6, 6.07) is 4.45. The summed E-state index contributed by atoms with van der Waals surface area (Å²) in [5, 5.41) is 0.427. The maximum Gasteiger partial charge on any atom is 0.312 e. The predicted molar refractivity (Wildman–Crippen MR) is 136 cm³/mol. The van der Waals surface area contributed by atoms with Gasteiger partial charge in [-0.05, 0) is 53.8 Å². The second-order valence-electron chi connectivity index (χ2n) is 11.4. The number of rotatable bonds is 6. The van der Waals surface area contributed by atoms with Crippen LogP contribution in [0, 0.1) is 5.41 Å². The molecule has 1 aromatic carbocycles. The Bertz CT molecular complexity index is 1130. The van der Waals surface area contributed by atoms with Gasteiger partial charge in [0.2, 0.25) is 5.75 Å². The summed E-state index contributed by atoms with van der Waals surface area (Å²) >= 11 is 0. The van der Waals surface area contributed by atoms with E-state index in [0.29, 0.717) is 27.3 Å². The molecule has 0 saturated carbocycles. The number of hydroxylamine groups is 3. The molecule has 2 aliphatic heterocycles. The molecule has 3 heterocycles.